The van der Waals surface area contributed by atoms with Crippen molar-refractivity contribution in [3.05, 3.63) is 0 Å². The van der Waals surface area contributed by atoms with E-state index in [2.05, 4.69) is 24.1 Å². The molecule has 0 spiro atoms. The quantitative estimate of drug-likeness (QED) is 0.812. The highest BCUT2D eigenvalue weighted by Crippen LogP contribution is 2.28. The number of hydrogen-bond acceptors (Lipinski definition) is 3. The molecule has 2 aliphatic rings. The summed E-state index contributed by atoms with van der Waals surface area (Å²) in [5, 5.41) is 3.58. The Morgan fingerprint density at radius 3 is 2.59 bits per heavy atom. The van der Waals surface area contributed by atoms with Gasteiger partial charge < -0.3 is 10.1 Å². The van der Waals surface area contributed by atoms with Gasteiger partial charge in [-0.25, -0.2) is 0 Å². The molecule has 2 heterocycles. The number of nitrogens with zero attached hydrogens (tertiary/aromatic N) is 1. The average molecular weight is 240 g/mol. The topological polar surface area (TPSA) is 24.5 Å². The van der Waals surface area contributed by atoms with Crippen LogP contribution in [0.15, 0.2) is 0 Å². The minimum Gasteiger partial charge on any atom is -0.381 e. The molecule has 2 saturated heterocycles. The summed E-state index contributed by atoms with van der Waals surface area (Å²) in [5.74, 6) is 0.860. The first kappa shape index (κ1) is 13.3. The zero-order valence-electron chi connectivity index (χ0n) is 11.5. The van der Waals surface area contributed by atoms with Crippen molar-refractivity contribution in [1.82, 2.24) is 10.2 Å². The Balaban J connectivity index is 1.95. The molecule has 100 valence electrons. The van der Waals surface area contributed by atoms with Gasteiger partial charge in [0, 0.05) is 44.9 Å². The zero-order valence-corrected chi connectivity index (χ0v) is 11.5. The Kier molecular flexibility index (Phi) is 4.83. The molecule has 2 rings (SSSR count). The van der Waals surface area contributed by atoms with Crippen LogP contribution in [-0.4, -0.2) is 49.8 Å². The standard InChI is InChI=1S/C14H28N2O/c1-3-14(4-2)12-15-7-8-16(14)11-13-5-9-17-10-6-13/h13,15H,3-12H2,1-2H3. The van der Waals surface area contributed by atoms with Gasteiger partial charge in [0.25, 0.3) is 0 Å². The molecule has 0 atom stereocenters. The molecular weight excluding hydrogens is 212 g/mol. The normalized spacial score (nSPS) is 27.2. The van der Waals surface area contributed by atoms with Crippen LogP contribution in [0, 0.1) is 5.92 Å². The van der Waals surface area contributed by atoms with E-state index in [4.69, 9.17) is 4.74 Å². The van der Waals surface area contributed by atoms with Crippen molar-refractivity contribution in [2.75, 3.05) is 39.4 Å². The molecule has 1 N–H and O–H groups in total. The van der Waals surface area contributed by atoms with Crippen molar-refractivity contribution < 1.29 is 4.74 Å². The van der Waals surface area contributed by atoms with Crippen LogP contribution < -0.4 is 5.32 Å². The maximum absolute atomic E-state index is 5.46. The van der Waals surface area contributed by atoms with Crippen LogP contribution in [0.3, 0.4) is 0 Å². The summed E-state index contributed by atoms with van der Waals surface area (Å²) in [5.41, 5.74) is 0.413. The van der Waals surface area contributed by atoms with Gasteiger partial charge in [0.2, 0.25) is 0 Å². The Morgan fingerprint density at radius 2 is 1.94 bits per heavy atom. The van der Waals surface area contributed by atoms with Crippen LogP contribution in [0.1, 0.15) is 39.5 Å². The van der Waals surface area contributed by atoms with Crippen LogP contribution in [-0.2, 0) is 4.74 Å². The number of hydrogen-bond donors (Lipinski definition) is 1. The van der Waals surface area contributed by atoms with Gasteiger partial charge in [0.1, 0.15) is 0 Å². The van der Waals surface area contributed by atoms with Gasteiger partial charge >= 0.3 is 0 Å². The van der Waals surface area contributed by atoms with Crippen LogP contribution in [0.2, 0.25) is 0 Å². The molecule has 0 unspecified atom stereocenters. The molecule has 2 aliphatic heterocycles. The first-order chi connectivity index (χ1) is 8.30. The summed E-state index contributed by atoms with van der Waals surface area (Å²) in [6.45, 7) is 11.5. The van der Waals surface area contributed by atoms with Gasteiger partial charge in [-0.15, -0.1) is 0 Å². The van der Waals surface area contributed by atoms with E-state index >= 15 is 0 Å². The summed E-state index contributed by atoms with van der Waals surface area (Å²) in [4.78, 5) is 2.76. The van der Waals surface area contributed by atoms with E-state index in [0.717, 1.165) is 25.7 Å². The molecule has 0 radical (unpaired) electrons. The lowest BCUT2D eigenvalue weighted by Gasteiger charge is -2.48. The zero-order chi connectivity index (χ0) is 12.1. The van der Waals surface area contributed by atoms with E-state index in [9.17, 15) is 0 Å². The van der Waals surface area contributed by atoms with Crippen molar-refractivity contribution in [2.45, 2.75) is 45.1 Å². The summed E-state index contributed by atoms with van der Waals surface area (Å²) in [6.07, 6.45) is 5.04. The number of piperazine rings is 1. The maximum Gasteiger partial charge on any atom is 0.0469 e. The Morgan fingerprint density at radius 1 is 1.24 bits per heavy atom. The Hall–Kier alpha value is -0.120. The Bertz CT molecular complexity index is 222. The van der Waals surface area contributed by atoms with Crippen molar-refractivity contribution >= 4 is 0 Å². The van der Waals surface area contributed by atoms with Crippen LogP contribution >= 0.6 is 0 Å². The van der Waals surface area contributed by atoms with Crippen LogP contribution in [0.5, 0.6) is 0 Å². The minimum absolute atomic E-state index is 0.413. The summed E-state index contributed by atoms with van der Waals surface area (Å²) in [6, 6.07) is 0. The number of ether oxygens (including phenoxy) is 1. The van der Waals surface area contributed by atoms with Crippen LogP contribution in [0.4, 0.5) is 0 Å². The molecule has 0 saturated carbocycles. The third-order valence-electron chi connectivity index (χ3n) is 4.82. The second-order valence-electron chi connectivity index (χ2n) is 5.61. The summed E-state index contributed by atoms with van der Waals surface area (Å²) < 4.78 is 5.46. The molecular formula is C14H28N2O. The van der Waals surface area contributed by atoms with E-state index in [-0.39, 0.29) is 0 Å². The van der Waals surface area contributed by atoms with Gasteiger partial charge in [-0.1, -0.05) is 13.8 Å². The van der Waals surface area contributed by atoms with Crippen LogP contribution in [0.25, 0.3) is 0 Å². The second-order valence-corrected chi connectivity index (χ2v) is 5.61. The fourth-order valence-electron chi connectivity index (χ4n) is 3.36. The molecule has 2 fully saturated rings. The highest BCUT2D eigenvalue weighted by atomic mass is 16.5. The fraction of sp³-hybridized carbons (Fsp3) is 1.00. The van der Waals surface area contributed by atoms with Gasteiger partial charge in [-0.05, 0) is 31.6 Å². The van der Waals surface area contributed by atoms with E-state index < -0.39 is 0 Å². The Labute approximate surface area is 106 Å². The lowest BCUT2D eigenvalue weighted by Crippen LogP contribution is -2.61. The third-order valence-corrected chi connectivity index (χ3v) is 4.82. The van der Waals surface area contributed by atoms with E-state index in [1.807, 2.05) is 0 Å². The van der Waals surface area contributed by atoms with E-state index in [0.29, 0.717) is 5.54 Å². The number of rotatable bonds is 4. The van der Waals surface area contributed by atoms with Crippen molar-refractivity contribution in [3.8, 4) is 0 Å². The van der Waals surface area contributed by atoms with Gasteiger partial charge in [0.05, 0.1) is 0 Å². The number of nitrogens with one attached hydrogen (secondary N) is 1. The minimum atomic E-state index is 0.413. The molecule has 0 aromatic carbocycles. The van der Waals surface area contributed by atoms with Crippen molar-refractivity contribution in [2.24, 2.45) is 5.92 Å². The SMILES string of the molecule is CCC1(CC)CNCCN1CC1CCOCC1. The summed E-state index contributed by atoms with van der Waals surface area (Å²) >= 11 is 0. The second kappa shape index (κ2) is 6.17. The average Bonchev–Trinajstić information content (AvgIpc) is 2.41. The molecule has 17 heavy (non-hydrogen) atoms. The van der Waals surface area contributed by atoms with Gasteiger partial charge in [0.15, 0.2) is 0 Å². The van der Waals surface area contributed by atoms with Crippen molar-refractivity contribution in [1.29, 1.82) is 0 Å². The highest BCUT2D eigenvalue weighted by molar-refractivity contribution is 4.94. The lowest BCUT2D eigenvalue weighted by molar-refractivity contribution is 0.00524. The lowest BCUT2D eigenvalue weighted by atomic mass is 9.86. The van der Waals surface area contributed by atoms with E-state index in [1.165, 1.54) is 45.3 Å². The molecule has 3 nitrogen and oxygen atoms in total. The molecule has 0 aliphatic carbocycles. The largest absolute Gasteiger partial charge is 0.381 e. The van der Waals surface area contributed by atoms with Gasteiger partial charge in [-0.3, -0.25) is 4.90 Å². The van der Waals surface area contributed by atoms with Crippen molar-refractivity contribution in [3.63, 3.8) is 0 Å². The molecule has 0 aromatic heterocycles. The van der Waals surface area contributed by atoms with Gasteiger partial charge in [-0.2, -0.15) is 0 Å². The highest BCUT2D eigenvalue weighted by Gasteiger charge is 2.36. The van der Waals surface area contributed by atoms with E-state index in [1.54, 1.807) is 0 Å². The molecule has 0 amide bonds. The summed E-state index contributed by atoms with van der Waals surface area (Å²) in [7, 11) is 0. The smallest absolute Gasteiger partial charge is 0.0469 e. The third kappa shape index (κ3) is 3.01. The first-order valence-electron chi connectivity index (χ1n) is 7.34. The molecule has 3 heteroatoms. The first-order valence-corrected chi connectivity index (χ1v) is 7.34. The fourth-order valence-corrected chi connectivity index (χ4v) is 3.36. The predicted octanol–water partition coefficient (Wildman–Crippen LogP) is 1.88. The predicted molar refractivity (Wildman–Crippen MR) is 71.3 cm³/mol. The molecule has 0 bridgehead atoms. The molecule has 0 aromatic rings. The monoisotopic (exact) mass is 240 g/mol. The maximum atomic E-state index is 5.46.